The van der Waals surface area contributed by atoms with Crippen molar-refractivity contribution in [2.75, 3.05) is 26.2 Å². The molecule has 3 heteroatoms. The van der Waals surface area contributed by atoms with Crippen LogP contribution in [0.25, 0.3) is 0 Å². The molecule has 0 spiro atoms. The Hall–Kier alpha value is -0.120. The molecule has 0 aliphatic carbocycles. The van der Waals surface area contributed by atoms with Gasteiger partial charge in [-0.25, -0.2) is 0 Å². The lowest BCUT2D eigenvalue weighted by atomic mass is 9.74. The number of likely N-dealkylation sites (tertiary alicyclic amines) is 1. The summed E-state index contributed by atoms with van der Waals surface area (Å²) in [6.45, 7) is 7.97. The monoisotopic (exact) mass is 214 g/mol. The molecule has 1 fully saturated rings. The second kappa shape index (κ2) is 5.83. The first-order valence-corrected chi connectivity index (χ1v) is 6.26. The summed E-state index contributed by atoms with van der Waals surface area (Å²) in [5, 5.41) is 9.49. The van der Waals surface area contributed by atoms with Crippen molar-refractivity contribution in [3.63, 3.8) is 0 Å². The lowest BCUT2D eigenvalue weighted by molar-refractivity contribution is 0.0564. The van der Waals surface area contributed by atoms with Crippen molar-refractivity contribution in [1.82, 2.24) is 4.90 Å². The maximum absolute atomic E-state index is 9.49. The minimum atomic E-state index is -0.347. The molecule has 0 aromatic carbocycles. The average molecular weight is 214 g/mol. The van der Waals surface area contributed by atoms with Crippen LogP contribution in [0.3, 0.4) is 0 Å². The van der Waals surface area contributed by atoms with E-state index >= 15 is 0 Å². The maximum atomic E-state index is 9.49. The normalized spacial score (nSPS) is 24.0. The second-order valence-electron chi connectivity index (χ2n) is 4.90. The van der Waals surface area contributed by atoms with Crippen LogP contribution in [0.15, 0.2) is 0 Å². The molecule has 0 bridgehead atoms. The standard InChI is InChI=1S/C12H26N2O/c1-3-12(4-2)5-7-14(8-6-12)10-11(15)9-13/h11,15H,3-10,13H2,1-2H3. The predicted octanol–water partition coefficient (Wildman–Crippen LogP) is 1.21. The summed E-state index contributed by atoms with van der Waals surface area (Å²) in [6, 6.07) is 0. The van der Waals surface area contributed by atoms with Crippen LogP contribution < -0.4 is 5.73 Å². The lowest BCUT2D eigenvalue weighted by Gasteiger charge is -2.41. The van der Waals surface area contributed by atoms with E-state index in [-0.39, 0.29) is 6.10 Å². The molecule has 3 nitrogen and oxygen atoms in total. The van der Waals surface area contributed by atoms with Crippen LogP contribution in [-0.4, -0.2) is 42.3 Å². The summed E-state index contributed by atoms with van der Waals surface area (Å²) < 4.78 is 0. The topological polar surface area (TPSA) is 49.5 Å². The molecular weight excluding hydrogens is 188 g/mol. The Kier molecular flexibility index (Phi) is 5.03. The van der Waals surface area contributed by atoms with Crippen LogP contribution in [-0.2, 0) is 0 Å². The van der Waals surface area contributed by atoms with Crippen molar-refractivity contribution in [2.24, 2.45) is 11.1 Å². The van der Waals surface area contributed by atoms with Crippen LogP contribution in [0, 0.1) is 5.41 Å². The fraction of sp³-hybridized carbons (Fsp3) is 1.00. The minimum Gasteiger partial charge on any atom is -0.390 e. The summed E-state index contributed by atoms with van der Waals surface area (Å²) in [5.41, 5.74) is 5.99. The van der Waals surface area contributed by atoms with E-state index in [1.54, 1.807) is 0 Å². The molecule has 1 saturated heterocycles. The largest absolute Gasteiger partial charge is 0.390 e. The summed E-state index contributed by atoms with van der Waals surface area (Å²) >= 11 is 0. The van der Waals surface area contributed by atoms with E-state index in [0.717, 1.165) is 19.6 Å². The van der Waals surface area contributed by atoms with Crippen molar-refractivity contribution in [3.8, 4) is 0 Å². The highest BCUT2D eigenvalue weighted by atomic mass is 16.3. The summed E-state index contributed by atoms with van der Waals surface area (Å²) in [6.07, 6.45) is 4.78. The number of rotatable bonds is 5. The zero-order chi connectivity index (χ0) is 11.3. The third kappa shape index (κ3) is 3.44. The molecule has 0 radical (unpaired) electrons. The van der Waals surface area contributed by atoms with Gasteiger partial charge in [0.05, 0.1) is 6.10 Å². The van der Waals surface area contributed by atoms with Gasteiger partial charge in [-0.05, 0) is 31.3 Å². The number of aliphatic hydroxyl groups excluding tert-OH is 1. The Balaban J connectivity index is 2.35. The molecule has 0 aromatic rings. The van der Waals surface area contributed by atoms with Crippen LogP contribution in [0.5, 0.6) is 0 Å². The van der Waals surface area contributed by atoms with Gasteiger partial charge < -0.3 is 15.7 Å². The van der Waals surface area contributed by atoms with Crippen molar-refractivity contribution in [3.05, 3.63) is 0 Å². The summed E-state index contributed by atoms with van der Waals surface area (Å²) in [4.78, 5) is 2.35. The van der Waals surface area contributed by atoms with Crippen molar-refractivity contribution in [1.29, 1.82) is 0 Å². The Morgan fingerprint density at radius 3 is 2.20 bits per heavy atom. The third-order valence-electron chi connectivity index (χ3n) is 4.16. The molecule has 1 aliphatic heterocycles. The fourth-order valence-corrected chi connectivity index (χ4v) is 2.54. The number of aliphatic hydroxyl groups is 1. The van der Waals surface area contributed by atoms with Gasteiger partial charge in [0.15, 0.2) is 0 Å². The highest BCUT2D eigenvalue weighted by molar-refractivity contribution is 4.84. The molecule has 1 rings (SSSR count). The molecule has 3 N–H and O–H groups in total. The van der Waals surface area contributed by atoms with E-state index in [9.17, 15) is 5.11 Å². The van der Waals surface area contributed by atoms with Crippen LogP contribution >= 0.6 is 0 Å². The molecule has 0 aromatic heterocycles. The molecule has 1 unspecified atom stereocenters. The summed E-state index contributed by atoms with van der Waals surface area (Å²) in [7, 11) is 0. The molecule has 1 aliphatic rings. The Labute approximate surface area is 93.6 Å². The maximum Gasteiger partial charge on any atom is 0.0789 e. The van der Waals surface area contributed by atoms with Gasteiger partial charge in [0, 0.05) is 13.1 Å². The average Bonchev–Trinajstić information content (AvgIpc) is 2.30. The first-order chi connectivity index (χ1) is 7.15. The van der Waals surface area contributed by atoms with E-state index in [1.807, 2.05) is 0 Å². The van der Waals surface area contributed by atoms with Gasteiger partial charge >= 0.3 is 0 Å². The molecule has 15 heavy (non-hydrogen) atoms. The fourth-order valence-electron chi connectivity index (χ4n) is 2.54. The SMILES string of the molecule is CCC1(CC)CCN(CC(O)CN)CC1. The number of nitrogens with zero attached hydrogens (tertiary/aromatic N) is 1. The molecule has 1 atom stereocenters. The Morgan fingerprint density at radius 1 is 1.27 bits per heavy atom. The first kappa shape index (κ1) is 12.9. The van der Waals surface area contributed by atoms with Gasteiger partial charge in [0.2, 0.25) is 0 Å². The zero-order valence-corrected chi connectivity index (χ0v) is 10.2. The highest BCUT2D eigenvalue weighted by Gasteiger charge is 2.31. The van der Waals surface area contributed by atoms with Crippen molar-refractivity contribution >= 4 is 0 Å². The predicted molar refractivity (Wildman–Crippen MR) is 63.8 cm³/mol. The van der Waals surface area contributed by atoms with Crippen LogP contribution in [0.4, 0.5) is 0 Å². The smallest absolute Gasteiger partial charge is 0.0789 e. The number of piperidine rings is 1. The Morgan fingerprint density at radius 2 is 1.80 bits per heavy atom. The zero-order valence-electron chi connectivity index (χ0n) is 10.2. The van der Waals surface area contributed by atoms with E-state index in [1.165, 1.54) is 25.7 Å². The van der Waals surface area contributed by atoms with Gasteiger partial charge in [-0.2, -0.15) is 0 Å². The number of hydrogen-bond acceptors (Lipinski definition) is 3. The Bertz CT molecular complexity index is 170. The van der Waals surface area contributed by atoms with E-state index in [2.05, 4.69) is 18.7 Å². The first-order valence-electron chi connectivity index (χ1n) is 6.26. The van der Waals surface area contributed by atoms with Gasteiger partial charge in [-0.1, -0.05) is 26.7 Å². The molecule has 1 heterocycles. The third-order valence-corrected chi connectivity index (χ3v) is 4.16. The highest BCUT2D eigenvalue weighted by Crippen LogP contribution is 2.37. The van der Waals surface area contributed by atoms with E-state index < -0.39 is 0 Å². The van der Waals surface area contributed by atoms with Gasteiger partial charge in [-0.3, -0.25) is 0 Å². The van der Waals surface area contributed by atoms with Crippen LogP contribution in [0.1, 0.15) is 39.5 Å². The van der Waals surface area contributed by atoms with Gasteiger partial charge in [-0.15, -0.1) is 0 Å². The number of nitrogens with two attached hydrogens (primary N) is 1. The second-order valence-corrected chi connectivity index (χ2v) is 4.90. The van der Waals surface area contributed by atoms with E-state index in [4.69, 9.17) is 5.73 Å². The lowest BCUT2D eigenvalue weighted by Crippen LogP contribution is -2.44. The van der Waals surface area contributed by atoms with Crippen molar-refractivity contribution in [2.45, 2.75) is 45.6 Å². The molecule has 0 amide bonds. The quantitative estimate of drug-likeness (QED) is 0.723. The number of hydrogen-bond donors (Lipinski definition) is 2. The van der Waals surface area contributed by atoms with Crippen molar-refractivity contribution < 1.29 is 5.11 Å². The van der Waals surface area contributed by atoms with Crippen LogP contribution in [0.2, 0.25) is 0 Å². The van der Waals surface area contributed by atoms with Gasteiger partial charge in [0.1, 0.15) is 0 Å². The number of β-amino-alcohol motifs (C(OH)–C–C–N with tert-alkyl or cyclic N) is 1. The minimum absolute atomic E-state index is 0.347. The van der Waals surface area contributed by atoms with E-state index in [0.29, 0.717) is 12.0 Å². The molecular formula is C12H26N2O. The van der Waals surface area contributed by atoms with Gasteiger partial charge in [0.25, 0.3) is 0 Å². The summed E-state index contributed by atoms with van der Waals surface area (Å²) in [5.74, 6) is 0. The molecule has 0 saturated carbocycles. The molecule has 90 valence electrons.